The normalized spacial score (nSPS) is 9.00. The van der Waals surface area contributed by atoms with Crippen molar-refractivity contribution in [3.8, 4) is 0 Å². The van der Waals surface area contributed by atoms with Gasteiger partial charge in [0, 0.05) is 11.8 Å². The molecule has 0 spiro atoms. The molecule has 0 saturated carbocycles. The number of nitrogen functional groups attached to an aromatic ring is 1. The van der Waals surface area contributed by atoms with E-state index in [1.807, 2.05) is 0 Å². The standard InChI is InChI=1S/C6H4FNO.C4H4N2OS/c7-6-1-5(4-9)2-8-3-6;5-4-6-1-3(2-7)8-4/h1-4H;1-2H,(H2,5,6). The Kier molecular flexibility index (Phi) is 4.89. The Morgan fingerprint density at radius 2 is 2.00 bits per heavy atom. The van der Waals surface area contributed by atoms with E-state index in [2.05, 4.69) is 9.97 Å². The lowest BCUT2D eigenvalue weighted by atomic mass is 10.3. The molecule has 5 nitrogen and oxygen atoms in total. The third-order valence-electron chi connectivity index (χ3n) is 1.52. The molecule has 0 aromatic carbocycles. The van der Waals surface area contributed by atoms with Gasteiger partial charge in [-0.2, -0.15) is 0 Å². The minimum Gasteiger partial charge on any atom is -0.375 e. The first-order valence-corrected chi connectivity index (χ1v) is 5.19. The van der Waals surface area contributed by atoms with Crippen molar-refractivity contribution >= 4 is 29.0 Å². The van der Waals surface area contributed by atoms with Gasteiger partial charge in [-0.15, -0.1) is 0 Å². The minimum absolute atomic E-state index is 0.259. The molecule has 2 aromatic rings. The summed E-state index contributed by atoms with van der Waals surface area (Å²) in [5.41, 5.74) is 5.46. The van der Waals surface area contributed by atoms with Gasteiger partial charge in [-0.3, -0.25) is 14.6 Å². The van der Waals surface area contributed by atoms with E-state index < -0.39 is 5.82 Å². The molecule has 2 N–H and O–H groups in total. The number of hydrogen-bond acceptors (Lipinski definition) is 6. The van der Waals surface area contributed by atoms with E-state index in [0.29, 0.717) is 16.3 Å². The zero-order chi connectivity index (χ0) is 12.7. The van der Waals surface area contributed by atoms with Crippen molar-refractivity contribution in [2.24, 2.45) is 0 Å². The third-order valence-corrected chi connectivity index (χ3v) is 2.27. The van der Waals surface area contributed by atoms with Crippen LogP contribution in [-0.4, -0.2) is 22.5 Å². The molecule has 0 aliphatic rings. The summed E-state index contributed by atoms with van der Waals surface area (Å²) in [5, 5.41) is 0.437. The summed E-state index contributed by atoms with van der Waals surface area (Å²) < 4.78 is 12.1. The second-order valence-corrected chi connectivity index (χ2v) is 3.87. The van der Waals surface area contributed by atoms with Crippen molar-refractivity contribution in [1.82, 2.24) is 9.97 Å². The fourth-order valence-corrected chi connectivity index (χ4v) is 1.35. The van der Waals surface area contributed by atoms with Crippen molar-refractivity contribution in [2.45, 2.75) is 0 Å². The SMILES string of the molecule is Nc1ncc(C=O)s1.O=Cc1cncc(F)c1. The summed E-state index contributed by atoms with van der Waals surface area (Å²) in [7, 11) is 0. The first-order chi connectivity index (χ1) is 8.15. The van der Waals surface area contributed by atoms with Crippen molar-refractivity contribution in [3.05, 3.63) is 40.9 Å². The summed E-state index contributed by atoms with van der Waals surface area (Å²) in [6.45, 7) is 0. The topological polar surface area (TPSA) is 85.9 Å². The molecule has 0 saturated heterocycles. The third kappa shape index (κ3) is 4.47. The number of nitrogens with two attached hydrogens (primary N) is 1. The monoisotopic (exact) mass is 253 g/mol. The van der Waals surface area contributed by atoms with Gasteiger partial charge < -0.3 is 5.73 Å². The van der Waals surface area contributed by atoms with E-state index >= 15 is 0 Å². The number of rotatable bonds is 2. The van der Waals surface area contributed by atoms with Crippen LogP contribution >= 0.6 is 11.3 Å². The largest absolute Gasteiger partial charge is 0.375 e. The van der Waals surface area contributed by atoms with Crippen molar-refractivity contribution in [2.75, 3.05) is 5.73 Å². The maximum Gasteiger partial charge on any atom is 0.180 e. The van der Waals surface area contributed by atoms with Gasteiger partial charge in [-0.05, 0) is 6.07 Å². The van der Waals surface area contributed by atoms with Gasteiger partial charge >= 0.3 is 0 Å². The zero-order valence-corrected chi connectivity index (χ0v) is 9.36. The highest BCUT2D eigenvalue weighted by Gasteiger charge is 1.92. The Balaban J connectivity index is 0.000000171. The fourth-order valence-electron chi connectivity index (χ4n) is 0.848. The number of thiazole rings is 1. The van der Waals surface area contributed by atoms with Gasteiger partial charge in [0.05, 0.1) is 17.3 Å². The summed E-state index contributed by atoms with van der Waals surface area (Å²) in [4.78, 5) is 27.6. The Hall–Kier alpha value is -2.15. The quantitative estimate of drug-likeness (QED) is 0.821. The van der Waals surface area contributed by atoms with Crippen LogP contribution in [0.1, 0.15) is 20.0 Å². The Bertz CT molecular complexity index is 516. The van der Waals surface area contributed by atoms with Crippen molar-refractivity contribution in [1.29, 1.82) is 0 Å². The molecular formula is C10H8FN3O2S. The molecule has 0 aliphatic carbocycles. The van der Waals surface area contributed by atoms with E-state index in [0.717, 1.165) is 18.5 Å². The molecule has 88 valence electrons. The predicted molar refractivity (Wildman–Crippen MR) is 61.5 cm³/mol. The molecule has 0 atom stereocenters. The maximum atomic E-state index is 12.1. The van der Waals surface area contributed by atoms with E-state index in [-0.39, 0.29) is 5.56 Å². The number of aromatic nitrogens is 2. The van der Waals surface area contributed by atoms with Crippen LogP contribution in [0.2, 0.25) is 0 Å². The van der Waals surface area contributed by atoms with Crippen LogP contribution in [0.5, 0.6) is 0 Å². The molecule has 0 unspecified atom stereocenters. The van der Waals surface area contributed by atoms with E-state index in [1.165, 1.54) is 23.7 Å². The number of aldehydes is 2. The Labute approximate surface area is 100 Å². The first kappa shape index (κ1) is 12.9. The lowest BCUT2D eigenvalue weighted by Crippen LogP contribution is -1.83. The van der Waals surface area contributed by atoms with E-state index in [9.17, 15) is 14.0 Å². The lowest BCUT2D eigenvalue weighted by molar-refractivity contribution is 0.111. The number of anilines is 1. The van der Waals surface area contributed by atoms with E-state index in [4.69, 9.17) is 5.73 Å². The highest BCUT2D eigenvalue weighted by atomic mass is 32.1. The molecular weight excluding hydrogens is 245 g/mol. The predicted octanol–water partition coefficient (Wildman–Crippen LogP) is 1.57. The molecule has 0 bridgehead atoms. The summed E-state index contributed by atoms with van der Waals surface area (Å²) in [6, 6.07) is 1.12. The van der Waals surface area contributed by atoms with Crippen LogP contribution in [0.4, 0.5) is 9.52 Å². The van der Waals surface area contributed by atoms with Crippen LogP contribution in [0.3, 0.4) is 0 Å². The molecule has 2 aromatic heterocycles. The summed E-state index contributed by atoms with van der Waals surface area (Å²) in [6.07, 6.45) is 5.08. The smallest absolute Gasteiger partial charge is 0.180 e. The Morgan fingerprint density at radius 3 is 2.35 bits per heavy atom. The van der Waals surface area contributed by atoms with Crippen LogP contribution in [-0.2, 0) is 0 Å². The number of hydrogen-bond donors (Lipinski definition) is 1. The van der Waals surface area contributed by atoms with Crippen LogP contribution in [0.15, 0.2) is 24.7 Å². The van der Waals surface area contributed by atoms with Crippen LogP contribution in [0, 0.1) is 5.82 Å². The molecule has 2 rings (SSSR count). The minimum atomic E-state index is -0.486. The molecule has 0 amide bonds. The average Bonchev–Trinajstić information content (AvgIpc) is 2.76. The van der Waals surface area contributed by atoms with Crippen molar-refractivity contribution in [3.63, 3.8) is 0 Å². The number of nitrogens with zero attached hydrogens (tertiary/aromatic N) is 2. The average molecular weight is 253 g/mol. The maximum absolute atomic E-state index is 12.1. The molecule has 0 fully saturated rings. The van der Waals surface area contributed by atoms with Gasteiger partial charge in [0.1, 0.15) is 5.82 Å². The number of carbonyl (C=O) groups is 2. The van der Waals surface area contributed by atoms with Gasteiger partial charge in [-0.25, -0.2) is 9.37 Å². The van der Waals surface area contributed by atoms with Gasteiger partial charge in [-0.1, -0.05) is 11.3 Å². The van der Waals surface area contributed by atoms with E-state index in [1.54, 1.807) is 0 Å². The summed E-state index contributed by atoms with van der Waals surface area (Å²) in [5.74, 6) is -0.486. The number of halogens is 1. The lowest BCUT2D eigenvalue weighted by Gasteiger charge is -1.86. The number of pyridine rings is 1. The van der Waals surface area contributed by atoms with Crippen LogP contribution in [0.25, 0.3) is 0 Å². The first-order valence-electron chi connectivity index (χ1n) is 4.38. The van der Waals surface area contributed by atoms with Gasteiger partial charge in [0.15, 0.2) is 17.7 Å². The molecule has 2 heterocycles. The summed E-state index contributed by atoms with van der Waals surface area (Å²) >= 11 is 1.19. The molecule has 17 heavy (non-hydrogen) atoms. The molecule has 0 aliphatic heterocycles. The Morgan fingerprint density at radius 1 is 1.24 bits per heavy atom. The highest BCUT2D eigenvalue weighted by Crippen LogP contribution is 2.10. The second kappa shape index (κ2) is 6.44. The van der Waals surface area contributed by atoms with Crippen molar-refractivity contribution < 1.29 is 14.0 Å². The highest BCUT2D eigenvalue weighted by molar-refractivity contribution is 7.16. The van der Waals surface area contributed by atoms with Crippen LogP contribution < -0.4 is 5.73 Å². The second-order valence-electron chi connectivity index (χ2n) is 2.77. The van der Waals surface area contributed by atoms with Gasteiger partial charge in [0.25, 0.3) is 0 Å². The molecule has 7 heteroatoms. The molecule has 0 radical (unpaired) electrons. The number of carbonyl (C=O) groups excluding carboxylic acids is 2. The zero-order valence-electron chi connectivity index (χ0n) is 8.54. The van der Waals surface area contributed by atoms with Gasteiger partial charge in [0.2, 0.25) is 0 Å². The fraction of sp³-hybridized carbons (Fsp3) is 0.